The average molecular weight is 290 g/mol. The molecule has 0 radical (unpaired) electrons. The van der Waals surface area contributed by atoms with E-state index in [0.29, 0.717) is 23.4 Å². The third-order valence-electron chi connectivity index (χ3n) is 3.77. The summed E-state index contributed by atoms with van der Waals surface area (Å²) < 4.78 is 5.33. The van der Waals surface area contributed by atoms with Crippen molar-refractivity contribution in [2.24, 2.45) is 5.92 Å². The summed E-state index contributed by atoms with van der Waals surface area (Å²) in [7, 11) is 0. The van der Waals surface area contributed by atoms with Crippen LogP contribution < -0.4 is 5.32 Å². The minimum atomic E-state index is -0.0596. The Morgan fingerprint density at radius 3 is 3.00 bits per heavy atom. The molecule has 0 aliphatic heterocycles. The predicted octanol–water partition coefficient (Wildman–Crippen LogP) is 3.63. The molecule has 1 N–H and O–H groups in total. The van der Waals surface area contributed by atoms with Gasteiger partial charge < -0.3 is 9.73 Å². The van der Waals surface area contributed by atoms with Gasteiger partial charge in [-0.25, -0.2) is 4.98 Å². The number of hydrogen-bond acceptors (Lipinski definition) is 4. The molecule has 1 aliphatic carbocycles. The smallest absolute Gasteiger partial charge is 0.271 e. The number of amides is 1. The van der Waals surface area contributed by atoms with E-state index in [4.69, 9.17) is 4.42 Å². The summed E-state index contributed by atoms with van der Waals surface area (Å²) in [6.07, 6.45) is 4.95. The first kappa shape index (κ1) is 13.4. The third-order valence-corrected chi connectivity index (χ3v) is 4.76. The highest BCUT2D eigenvalue weighted by Gasteiger charge is 2.25. The lowest BCUT2D eigenvalue weighted by Gasteiger charge is -2.11. The number of carbonyl (C=O) groups is 1. The van der Waals surface area contributed by atoms with Crippen LogP contribution in [0.3, 0.4) is 0 Å². The summed E-state index contributed by atoms with van der Waals surface area (Å²) >= 11 is 1.49. The van der Waals surface area contributed by atoms with Crippen molar-refractivity contribution in [1.82, 2.24) is 10.3 Å². The van der Waals surface area contributed by atoms with Gasteiger partial charge in [-0.3, -0.25) is 4.79 Å². The number of carbonyl (C=O) groups excluding carboxylic acids is 1. The zero-order valence-corrected chi connectivity index (χ0v) is 12.5. The van der Waals surface area contributed by atoms with Gasteiger partial charge in [0.1, 0.15) is 5.69 Å². The maximum atomic E-state index is 12.3. The molecule has 0 aromatic carbocycles. The Kier molecular flexibility index (Phi) is 3.61. The van der Waals surface area contributed by atoms with Crippen LogP contribution in [-0.4, -0.2) is 16.9 Å². The molecule has 1 aliphatic rings. The van der Waals surface area contributed by atoms with Gasteiger partial charge in [0.2, 0.25) is 0 Å². The van der Waals surface area contributed by atoms with Gasteiger partial charge in [0.25, 0.3) is 5.91 Å². The molecule has 4 nitrogen and oxygen atoms in total. The highest BCUT2D eigenvalue weighted by atomic mass is 32.1. The van der Waals surface area contributed by atoms with Crippen molar-refractivity contribution < 1.29 is 9.21 Å². The van der Waals surface area contributed by atoms with E-state index in [1.165, 1.54) is 17.8 Å². The molecule has 1 saturated carbocycles. The van der Waals surface area contributed by atoms with Crippen molar-refractivity contribution >= 4 is 17.2 Å². The number of aromatic nitrogens is 1. The largest absolute Gasteiger partial charge is 0.462 e. The number of nitrogens with zero attached hydrogens (tertiary/aromatic N) is 1. The number of hydrogen-bond donors (Lipinski definition) is 1. The van der Waals surface area contributed by atoms with Gasteiger partial charge in [0, 0.05) is 10.9 Å². The second-order valence-corrected chi connectivity index (χ2v) is 6.69. The lowest BCUT2D eigenvalue weighted by Crippen LogP contribution is -2.33. The normalized spacial score (nSPS) is 22.1. The highest BCUT2D eigenvalue weighted by molar-refractivity contribution is 7.15. The first-order valence-corrected chi connectivity index (χ1v) is 7.77. The predicted molar refractivity (Wildman–Crippen MR) is 78.8 cm³/mol. The number of nitrogens with one attached hydrogen (secondary N) is 1. The Labute approximate surface area is 122 Å². The maximum absolute atomic E-state index is 12.3. The Morgan fingerprint density at radius 1 is 1.50 bits per heavy atom. The van der Waals surface area contributed by atoms with Crippen LogP contribution >= 0.6 is 11.3 Å². The van der Waals surface area contributed by atoms with Gasteiger partial charge in [-0.05, 0) is 44.2 Å². The Bertz CT molecular complexity index is 603. The van der Waals surface area contributed by atoms with E-state index in [-0.39, 0.29) is 5.91 Å². The molecule has 2 aromatic heterocycles. The quantitative estimate of drug-likeness (QED) is 0.939. The zero-order chi connectivity index (χ0) is 14.1. The zero-order valence-electron chi connectivity index (χ0n) is 11.7. The average Bonchev–Trinajstić information content (AvgIpc) is 3.09. The van der Waals surface area contributed by atoms with E-state index in [1.54, 1.807) is 6.26 Å². The molecule has 0 saturated heterocycles. The van der Waals surface area contributed by atoms with Crippen molar-refractivity contribution in [3.8, 4) is 10.8 Å². The van der Waals surface area contributed by atoms with Crippen LogP contribution in [-0.2, 0) is 0 Å². The summed E-state index contributed by atoms with van der Waals surface area (Å²) in [6, 6.07) is 3.98. The molecule has 2 atom stereocenters. The molecule has 3 rings (SSSR count). The van der Waals surface area contributed by atoms with Gasteiger partial charge in [-0.2, -0.15) is 0 Å². The summed E-state index contributed by atoms with van der Waals surface area (Å²) in [4.78, 5) is 17.7. The van der Waals surface area contributed by atoms with Crippen LogP contribution in [0.25, 0.3) is 10.8 Å². The van der Waals surface area contributed by atoms with Gasteiger partial charge in [0.05, 0.1) is 6.26 Å². The molecular formula is C15H18N2O2S. The second kappa shape index (κ2) is 5.40. The molecule has 0 spiro atoms. The second-order valence-electron chi connectivity index (χ2n) is 5.49. The maximum Gasteiger partial charge on any atom is 0.271 e. The fourth-order valence-electron chi connectivity index (χ4n) is 2.70. The van der Waals surface area contributed by atoms with E-state index in [0.717, 1.165) is 22.7 Å². The van der Waals surface area contributed by atoms with Crippen LogP contribution in [0.5, 0.6) is 0 Å². The summed E-state index contributed by atoms with van der Waals surface area (Å²) in [5, 5.41) is 3.86. The number of aryl methyl sites for hydroxylation is 1. The molecule has 1 amide bonds. The molecular weight excluding hydrogens is 272 g/mol. The fourth-order valence-corrected chi connectivity index (χ4v) is 3.58. The molecule has 2 aromatic rings. The Balaban J connectivity index is 1.75. The number of rotatable bonds is 3. The minimum Gasteiger partial charge on any atom is -0.462 e. The van der Waals surface area contributed by atoms with E-state index in [1.807, 2.05) is 19.1 Å². The van der Waals surface area contributed by atoms with Crippen LogP contribution in [0.1, 0.15) is 41.6 Å². The third kappa shape index (κ3) is 2.63. The van der Waals surface area contributed by atoms with Crippen molar-refractivity contribution in [3.63, 3.8) is 0 Å². The summed E-state index contributed by atoms with van der Waals surface area (Å²) in [6.45, 7) is 4.16. The molecule has 106 valence electrons. The molecule has 1 fully saturated rings. The lowest BCUT2D eigenvalue weighted by atomic mass is 10.1. The number of thiazole rings is 1. The first-order valence-electron chi connectivity index (χ1n) is 6.95. The van der Waals surface area contributed by atoms with Crippen LogP contribution in [0.15, 0.2) is 22.8 Å². The molecule has 2 unspecified atom stereocenters. The summed E-state index contributed by atoms with van der Waals surface area (Å²) in [5.41, 5.74) is 0.529. The van der Waals surface area contributed by atoms with Crippen molar-refractivity contribution in [2.45, 2.75) is 39.2 Å². The molecule has 20 heavy (non-hydrogen) atoms. The van der Waals surface area contributed by atoms with E-state index < -0.39 is 0 Å². The fraction of sp³-hybridized carbons (Fsp3) is 0.467. The molecule has 2 heterocycles. The van der Waals surface area contributed by atoms with Gasteiger partial charge >= 0.3 is 0 Å². The van der Waals surface area contributed by atoms with E-state index in [2.05, 4.69) is 17.2 Å². The standard InChI is InChI=1S/C15H18N2O2S/c1-9-5-6-11(8-9)16-14(18)13-10(2)20-15(17-13)12-4-3-7-19-12/h3-4,7,9,11H,5-6,8H2,1-2H3,(H,16,18). The van der Waals surface area contributed by atoms with Crippen LogP contribution in [0.2, 0.25) is 0 Å². The van der Waals surface area contributed by atoms with Crippen molar-refractivity contribution in [3.05, 3.63) is 29.0 Å². The van der Waals surface area contributed by atoms with Gasteiger partial charge in [-0.15, -0.1) is 11.3 Å². The highest BCUT2D eigenvalue weighted by Crippen LogP contribution is 2.29. The van der Waals surface area contributed by atoms with Gasteiger partial charge in [-0.1, -0.05) is 6.92 Å². The summed E-state index contributed by atoms with van der Waals surface area (Å²) in [5.74, 6) is 1.36. The van der Waals surface area contributed by atoms with E-state index >= 15 is 0 Å². The lowest BCUT2D eigenvalue weighted by molar-refractivity contribution is 0.0932. The van der Waals surface area contributed by atoms with Crippen LogP contribution in [0.4, 0.5) is 0 Å². The topological polar surface area (TPSA) is 55.1 Å². The Morgan fingerprint density at radius 2 is 2.35 bits per heavy atom. The number of furan rings is 1. The minimum absolute atomic E-state index is 0.0596. The van der Waals surface area contributed by atoms with Crippen LogP contribution in [0, 0.1) is 12.8 Å². The van der Waals surface area contributed by atoms with Crippen molar-refractivity contribution in [1.29, 1.82) is 0 Å². The Hall–Kier alpha value is -1.62. The molecule has 5 heteroatoms. The van der Waals surface area contributed by atoms with Gasteiger partial charge in [0.15, 0.2) is 10.8 Å². The van der Waals surface area contributed by atoms with Crippen molar-refractivity contribution in [2.75, 3.05) is 0 Å². The first-order chi connectivity index (χ1) is 9.63. The SMILES string of the molecule is Cc1sc(-c2ccco2)nc1C(=O)NC1CCC(C)C1. The monoisotopic (exact) mass is 290 g/mol. The molecule has 0 bridgehead atoms. The van der Waals surface area contributed by atoms with E-state index in [9.17, 15) is 4.79 Å².